The fraction of sp³-hybridized carbons (Fsp3) is 0.500. The number of nitrogens with zero attached hydrogens (tertiary/aromatic N) is 1. The Hall–Kier alpha value is -2.70. The van der Waals surface area contributed by atoms with Crippen LogP contribution in [0.4, 0.5) is 11.5 Å². The molecule has 1 aliphatic heterocycles. The van der Waals surface area contributed by atoms with E-state index in [1.165, 1.54) is 6.42 Å². The van der Waals surface area contributed by atoms with Crippen LogP contribution >= 0.6 is 0 Å². The van der Waals surface area contributed by atoms with E-state index in [4.69, 9.17) is 14.0 Å². The van der Waals surface area contributed by atoms with E-state index in [1.807, 2.05) is 25.1 Å². The maximum absolute atomic E-state index is 12.5. The van der Waals surface area contributed by atoms with Gasteiger partial charge in [-0.15, -0.1) is 0 Å². The highest BCUT2D eigenvalue weighted by Crippen LogP contribution is 2.46. The Kier molecular flexibility index (Phi) is 4.68. The number of aromatic nitrogens is 1. The highest BCUT2D eigenvalue weighted by Gasteiger charge is 2.42. The Morgan fingerprint density at radius 2 is 1.96 bits per heavy atom. The topological polar surface area (TPSA) is 85.6 Å². The molecule has 4 rings (SSSR count). The highest BCUT2D eigenvalue weighted by atomic mass is 16.7. The van der Waals surface area contributed by atoms with Gasteiger partial charge in [0.05, 0.1) is 0 Å². The lowest BCUT2D eigenvalue weighted by atomic mass is 9.94. The molecule has 144 valence electrons. The molecule has 27 heavy (non-hydrogen) atoms. The fourth-order valence-corrected chi connectivity index (χ4v) is 3.67. The number of carbonyl (C=O) groups is 1. The molecule has 1 fully saturated rings. The van der Waals surface area contributed by atoms with Crippen LogP contribution in [-0.2, 0) is 4.79 Å². The predicted octanol–water partition coefficient (Wildman–Crippen LogP) is 4.24. The molecule has 1 aromatic carbocycles. The molecule has 2 heterocycles. The molecular formula is C20H25N3O4. The Morgan fingerprint density at radius 3 is 2.67 bits per heavy atom. The summed E-state index contributed by atoms with van der Waals surface area (Å²) in [6.45, 7) is 3.74. The summed E-state index contributed by atoms with van der Waals surface area (Å²) in [6.07, 6.45) is 5.94. The van der Waals surface area contributed by atoms with Gasteiger partial charge in [-0.1, -0.05) is 18.5 Å². The first kappa shape index (κ1) is 17.7. The number of hydrogen-bond acceptors (Lipinski definition) is 6. The van der Waals surface area contributed by atoms with Crippen molar-refractivity contribution >= 4 is 17.4 Å². The summed E-state index contributed by atoms with van der Waals surface area (Å²) in [7, 11) is 0. The predicted molar refractivity (Wildman–Crippen MR) is 101 cm³/mol. The van der Waals surface area contributed by atoms with Gasteiger partial charge in [-0.25, -0.2) is 0 Å². The van der Waals surface area contributed by atoms with Gasteiger partial charge in [-0.05, 0) is 38.3 Å². The third-order valence-corrected chi connectivity index (χ3v) is 5.10. The Labute approximate surface area is 158 Å². The lowest BCUT2D eigenvalue weighted by Gasteiger charge is -2.31. The number of hydrogen-bond donors (Lipinski definition) is 2. The van der Waals surface area contributed by atoms with Gasteiger partial charge in [0.25, 0.3) is 5.79 Å². The fourth-order valence-electron chi connectivity index (χ4n) is 3.67. The standard InChI is InChI=1S/C20H25N3O4/c1-3-15(19(24)22-18-11-13(2)27-23-18)21-14-7-8-16-17(12-14)26-20(25-16)9-5-4-6-10-20/h7-8,11-12,15,21H,3-6,9-10H2,1-2H3,(H,22,23,24)/t15-/m1/s1. The molecule has 7 nitrogen and oxygen atoms in total. The molecule has 2 N–H and O–H groups in total. The molecule has 1 aromatic heterocycles. The minimum atomic E-state index is -0.494. The molecule has 2 aromatic rings. The molecule has 1 atom stereocenters. The van der Waals surface area contributed by atoms with Crippen LogP contribution in [0.15, 0.2) is 28.8 Å². The third-order valence-electron chi connectivity index (χ3n) is 5.10. The molecule has 0 radical (unpaired) electrons. The van der Waals surface area contributed by atoms with Gasteiger partial charge < -0.3 is 24.6 Å². The summed E-state index contributed by atoms with van der Waals surface area (Å²) in [5.74, 6) is 1.93. The maximum atomic E-state index is 12.5. The highest BCUT2D eigenvalue weighted by molar-refractivity contribution is 5.95. The Morgan fingerprint density at radius 1 is 1.19 bits per heavy atom. The van der Waals surface area contributed by atoms with E-state index in [2.05, 4.69) is 15.8 Å². The molecule has 0 unspecified atom stereocenters. The Bertz CT molecular complexity index is 826. The van der Waals surface area contributed by atoms with Gasteiger partial charge in [0.15, 0.2) is 17.3 Å². The van der Waals surface area contributed by atoms with Gasteiger partial charge >= 0.3 is 0 Å². The lowest BCUT2D eigenvalue weighted by Crippen LogP contribution is -2.40. The first-order chi connectivity index (χ1) is 13.1. The van der Waals surface area contributed by atoms with Crippen LogP contribution in [0, 0.1) is 6.92 Å². The van der Waals surface area contributed by atoms with E-state index in [9.17, 15) is 4.79 Å². The summed E-state index contributed by atoms with van der Waals surface area (Å²) < 4.78 is 17.3. The third kappa shape index (κ3) is 3.72. The maximum Gasteiger partial charge on any atom is 0.251 e. The second kappa shape index (κ2) is 7.13. The number of rotatable bonds is 5. The second-order valence-corrected chi connectivity index (χ2v) is 7.25. The van der Waals surface area contributed by atoms with Gasteiger partial charge in [-0.2, -0.15) is 0 Å². The molecule has 0 bridgehead atoms. The Balaban J connectivity index is 1.43. The lowest BCUT2D eigenvalue weighted by molar-refractivity contribution is -0.117. The minimum absolute atomic E-state index is 0.160. The first-order valence-corrected chi connectivity index (χ1v) is 9.60. The van der Waals surface area contributed by atoms with Crippen LogP contribution in [0.5, 0.6) is 11.5 Å². The van der Waals surface area contributed by atoms with Crippen molar-refractivity contribution < 1.29 is 18.8 Å². The molecular weight excluding hydrogens is 346 g/mol. The van der Waals surface area contributed by atoms with E-state index >= 15 is 0 Å². The summed E-state index contributed by atoms with van der Waals surface area (Å²) in [5, 5.41) is 9.85. The summed E-state index contributed by atoms with van der Waals surface area (Å²) in [4.78, 5) is 12.5. The first-order valence-electron chi connectivity index (χ1n) is 9.60. The van der Waals surface area contributed by atoms with Gasteiger partial charge in [0, 0.05) is 30.7 Å². The van der Waals surface area contributed by atoms with Crippen LogP contribution in [0.3, 0.4) is 0 Å². The number of aryl methyl sites for hydroxylation is 1. The molecule has 0 saturated heterocycles. The average Bonchev–Trinajstić information content (AvgIpc) is 3.22. The monoisotopic (exact) mass is 371 g/mol. The second-order valence-electron chi connectivity index (χ2n) is 7.25. The zero-order chi connectivity index (χ0) is 18.9. The molecule has 1 spiro atoms. The molecule has 1 aliphatic carbocycles. The minimum Gasteiger partial charge on any atom is -0.448 e. The molecule has 1 amide bonds. The van der Waals surface area contributed by atoms with Crippen molar-refractivity contribution in [3.05, 3.63) is 30.0 Å². The van der Waals surface area contributed by atoms with E-state index in [0.717, 1.165) is 42.9 Å². The van der Waals surface area contributed by atoms with Crippen molar-refractivity contribution in [1.82, 2.24) is 5.16 Å². The van der Waals surface area contributed by atoms with E-state index in [1.54, 1.807) is 13.0 Å². The van der Waals surface area contributed by atoms with Crippen molar-refractivity contribution in [3.63, 3.8) is 0 Å². The van der Waals surface area contributed by atoms with Crippen molar-refractivity contribution in [2.45, 2.75) is 64.2 Å². The van der Waals surface area contributed by atoms with Gasteiger partial charge in [0.1, 0.15) is 11.8 Å². The number of anilines is 2. The smallest absolute Gasteiger partial charge is 0.251 e. The van der Waals surface area contributed by atoms with E-state index in [0.29, 0.717) is 18.0 Å². The number of benzene rings is 1. The number of amides is 1. The summed E-state index contributed by atoms with van der Waals surface area (Å²) in [5.41, 5.74) is 0.823. The summed E-state index contributed by atoms with van der Waals surface area (Å²) in [6, 6.07) is 7.03. The molecule has 1 saturated carbocycles. The normalized spacial score (nSPS) is 18.3. The largest absolute Gasteiger partial charge is 0.448 e. The van der Waals surface area contributed by atoms with Crippen LogP contribution in [-0.4, -0.2) is 22.9 Å². The quantitative estimate of drug-likeness (QED) is 0.817. The SMILES string of the molecule is CC[C@@H](Nc1ccc2c(c1)OC1(CCCCC1)O2)C(=O)Nc1cc(C)on1. The number of ether oxygens (including phenoxy) is 2. The van der Waals surface area contributed by atoms with Crippen LogP contribution in [0.2, 0.25) is 0 Å². The van der Waals surface area contributed by atoms with Crippen molar-refractivity contribution in [2.75, 3.05) is 10.6 Å². The average molecular weight is 371 g/mol. The molecule has 2 aliphatic rings. The van der Waals surface area contributed by atoms with Crippen LogP contribution in [0.25, 0.3) is 0 Å². The summed E-state index contributed by atoms with van der Waals surface area (Å²) >= 11 is 0. The number of nitrogens with one attached hydrogen (secondary N) is 2. The van der Waals surface area contributed by atoms with Gasteiger partial charge in [-0.3, -0.25) is 4.79 Å². The van der Waals surface area contributed by atoms with Crippen LogP contribution < -0.4 is 20.1 Å². The zero-order valence-corrected chi connectivity index (χ0v) is 15.7. The number of carbonyl (C=O) groups excluding carboxylic acids is 1. The van der Waals surface area contributed by atoms with E-state index < -0.39 is 11.8 Å². The van der Waals surface area contributed by atoms with Crippen molar-refractivity contribution in [3.8, 4) is 11.5 Å². The number of fused-ring (bicyclic) bond motifs is 1. The van der Waals surface area contributed by atoms with Crippen molar-refractivity contribution in [1.29, 1.82) is 0 Å². The van der Waals surface area contributed by atoms with Crippen molar-refractivity contribution in [2.24, 2.45) is 0 Å². The van der Waals surface area contributed by atoms with Crippen LogP contribution in [0.1, 0.15) is 51.2 Å². The molecule has 7 heteroatoms. The zero-order valence-electron chi connectivity index (χ0n) is 15.7. The van der Waals surface area contributed by atoms with Gasteiger partial charge in [0.2, 0.25) is 5.91 Å². The van der Waals surface area contributed by atoms with E-state index in [-0.39, 0.29) is 5.91 Å².